The van der Waals surface area contributed by atoms with Crippen LogP contribution in [-0.4, -0.2) is 67.0 Å². The van der Waals surface area contributed by atoms with Crippen LogP contribution < -0.4 is 5.32 Å². The van der Waals surface area contributed by atoms with Crippen LogP contribution >= 0.6 is 11.6 Å². The normalized spacial score (nSPS) is 15.3. The van der Waals surface area contributed by atoms with E-state index >= 15 is 0 Å². The van der Waals surface area contributed by atoms with Gasteiger partial charge in [0.1, 0.15) is 0 Å². The Balaban J connectivity index is 1.61. The molecule has 0 aliphatic carbocycles. The highest BCUT2D eigenvalue weighted by molar-refractivity contribution is 7.89. The van der Waals surface area contributed by atoms with Gasteiger partial charge in [0.05, 0.1) is 36.8 Å². The molecule has 3 rings (SSSR count). The third kappa shape index (κ3) is 5.21. The predicted octanol–water partition coefficient (Wildman–Crippen LogP) is 1.77. The van der Waals surface area contributed by atoms with Crippen molar-refractivity contribution in [3.8, 4) is 5.69 Å². The van der Waals surface area contributed by atoms with Crippen molar-refractivity contribution in [1.29, 1.82) is 0 Å². The highest BCUT2D eigenvalue weighted by Crippen LogP contribution is 2.23. The number of hydrogen-bond donors (Lipinski definition) is 1. The Hall–Kier alpha value is -1.94. The highest BCUT2D eigenvalue weighted by atomic mass is 35.5. The van der Waals surface area contributed by atoms with Crippen molar-refractivity contribution in [3.63, 3.8) is 0 Å². The standard InChI is InChI=1S/C20H27ClN4O4S/c1-14-4-5-17(12-19(14)21)25-16(3)18(15(2)23-25)13-20(26)22-6-11-30(27,28)24-7-9-29-10-8-24/h4-5,12H,6-11,13H2,1-3H3,(H,22,26). The van der Waals surface area contributed by atoms with Crippen molar-refractivity contribution in [1.82, 2.24) is 19.4 Å². The van der Waals surface area contributed by atoms with Crippen LogP contribution in [0.25, 0.3) is 5.69 Å². The van der Waals surface area contributed by atoms with Crippen molar-refractivity contribution < 1.29 is 17.9 Å². The van der Waals surface area contributed by atoms with E-state index in [-0.39, 0.29) is 24.6 Å². The molecule has 10 heteroatoms. The maximum Gasteiger partial charge on any atom is 0.224 e. The van der Waals surface area contributed by atoms with Gasteiger partial charge in [0.15, 0.2) is 0 Å². The fourth-order valence-corrected chi connectivity index (χ4v) is 4.89. The number of benzene rings is 1. The second kappa shape index (κ2) is 9.47. The largest absolute Gasteiger partial charge is 0.379 e. The van der Waals surface area contributed by atoms with E-state index in [0.29, 0.717) is 31.3 Å². The van der Waals surface area contributed by atoms with Gasteiger partial charge in [-0.1, -0.05) is 17.7 Å². The summed E-state index contributed by atoms with van der Waals surface area (Å²) in [5.74, 6) is -0.363. The van der Waals surface area contributed by atoms with Crippen LogP contribution in [0.4, 0.5) is 0 Å². The third-order valence-corrected chi connectivity index (χ3v) is 7.50. The van der Waals surface area contributed by atoms with Crippen LogP contribution in [0.15, 0.2) is 18.2 Å². The molecule has 1 aliphatic heterocycles. The number of ether oxygens (including phenoxy) is 1. The van der Waals surface area contributed by atoms with Gasteiger partial charge in [0.2, 0.25) is 15.9 Å². The summed E-state index contributed by atoms with van der Waals surface area (Å²) in [6.07, 6.45) is 0.134. The molecule has 0 saturated carbocycles. The van der Waals surface area contributed by atoms with E-state index in [9.17, 15) is 13.2 Å². The van der Waals surface area contributed by atoms with Crippen molar-refractivity contribution in [2.24, 2.45) is 0 Å². The number of carbonyl (C=O) groups excluding carboxylic acids is 1. The number of aromatic nitrogens is 2. The number of nitrogens with zero attached hydrogens (tertiary/aromatic N) is 3. The average Bonchev–Trinajstić information content (AvgIpc) is 2.99. The molecule has 0 bridgehead atoms. The molecule has 0 radical (unpaired) electrons. The zero-order chi connectivity index (χ0) is 21.9. The molecular weight excluding hydrogens is 428 g/mol. The molecule has 0 spiro atoms. The summed E-state index contributed by atoms with van der Waals surface area (Å²) in [7, 11) is -3.40. The molecule has 0 unspecified atom stereocenters. The van der Waals surface area contributed by atoms with Crippen molar-refractivity contribution in [3.05, 3.63) is 45.7 Å². The number of nitrogens with one attached hydrogen (secondary N) is 1. The lowest BCUT2D eigenvalue weighted by Crippen LogP contribution is -2.43. The van der Waals surface area contributed by atoms with E-state index in [2.05, 4.69) is 10.4 Å². The number of amides is 1. The van der Waals surface area contributed by atoms with Gasteiger partial charge < -0.3 is 10.1 Å². The summed E-state index contributed by atoms with van der Waals surface area (Å²) in [5.41, 5.74) is 4.23. The summed E-state index contributed by atoms with van der Waals surface area (Å²) in [5, 5.41) is 7.91. The minimum absolute atomic E-state index is 0.0678. The van der Waals surface area contributed by atoms with Crippen LogP contribution in [-0.2, 0) is 26.0 Å². The maximum atomic E-state index is 12.4. The number of halogens is 1. The highest BCUT2D eigenvalue weighted by Gasteiger charge is 2.24. The van der Waals surface area contributed by atoms with Crippen molar-refractivity contribution >= 4 is 27.5 Å². The fourth-order valence-electron chi connectivity index (χ4n) is 3.39. The molecule has 2 heterocycles. The molecule has 8 nitrogen and oxygen atoms in total. The number of carbonyl (C=O) groups is 1. The predicted molar refractivity (Wildman–Crippen MR) is 116 cm³/mol. The Morgan fingerprint density at radius 2 is 1.93 bits per heavy atom. The number of rotatable bonds is 7. The zero-order valence-corrected chi connectivity index (χ0v) is 19.0. The molecule has 1 N–H and O–H groups in total. The van der Waals surface area contributed by atoms with E-state index in [0.717, 1.165) is 28.2 Å². The Morgan fingerprint density at radius 3 is 2.60 bits per heavy atom. The first kappa shape index (κ1) is 22.7. The lowest BCUT2D eigenvalue weighted by Gasteiger charge is -2.26. The van der Waals surface area contributed by atoms with Gasteiger partial charge in [0, 0.05) is 35.9 Å². The summed E-state index contributed by atoms with van der Waals surface area (Å²) in [4.78, 5) is 12.4. The average molecular weight is 455 g/mol. The van der Waals surface area contributed by atoms with E-state index in [4.69, 9.17) is 16.3 Å². The van der Waals surface area contributed by atoms with Gasteiger partial charge in [-0.25, -0.2) is 13.1 Å². The number of hydrogen-bond acceptors (Lipinski definition) is 5. The quantitative estimate of drug-likeness (QED) is 0.688. The fraction of sp³-hybridized carbons (Fsp3) is 0.500. The second-order valence-electron chi connectivity index (χ2n) is 7.35. The Kier molecular flexibility index (Phi) is 7.18. The molecule has 2 aromatic rings. The Morgan fingerprint density at radius 1 is 1.23 bits per heavy atom. The summed E-state index contributed by atoms with van der Waals surface area (Å²) >= 11 is 6.23. The zero-order valence-electron chi connectivity index (χ0n) is 17.4. The molecule has 0 atom stereocenters. The molecule has 1 fully saturated rings. The van der Waals surface area contributed by atoms with Crippen LogP contribution in [0.3, 0.4) is 0 Å². The van der Waals surface area contributed by atoms with Crippen LogP contribution in [0.1, 0.15) is 22.5 Å². The van der Waals surface area contributed by atoms with E-state index in [1.165, 1.54) is 4.31 Å². The number of morpholine rings is 1. The Bertz CT molecular complexity index is 1030. The molecule has 1 saturated heterocycles. The molecule has 1 aromatic carbocycles. The summed E-state index contributed by atoms with van der Waals surface area (Å²) in [6, 6.07) is 5.70. The lowest BCUT2D eigenvalue weighted by molar-refractivity contribution is -0.120. The van der Waals surface area contributed by atoms with Crippen LogP contribution in [0, 0.1) is 20.8 Å². The molecule has 1 amide bonds. The van der Waals surface area contributed by atoms with E-state index < -0.39 is 10.0 Å². The minimum Gasteiger partial charge on any atom is -0.379 e. The SMILES string of the molecule is Cc1ccc(-n2nc(C)c(CC(=O)NCCS(=O)(=O)N3CCOCC3)c2C)cc1Cl. The van der Waals surface area contributed by atoms with Gasteiger partial charge in [0.25, 0.3) is 0 Å². The smallest absolute Gasteiger partial charge is 0.224 e. The van der Waals surface area contributed by atoms with Gasteiger partial charge in [-0.3, -0.25) is 4.79 Å². The molecule has 1 aromatic heterocycles. The molecule has 30 heavy (non-hydrogen) atoms. The summed E-state index contributed by atoms with van der Waals surface area (Å²) in [6.45, 7) is 7.28. The van der Waals surface area contributed by atoms with Crippen molar-refractivity contribution in [2.45, 2.75) is 27.2 Å². The van der Waals surface area contributed by atoms with Crippen LogP contribution in [0.2, 0.25) is 5.02 Å². The monoisotopic (exact) mass is 454 g/mol. The van der Waals surface area contributed by atoms with Crippen LogP contribution in [0.5, 0.6) is 0 Å². The lowest BCUT2D eigenvalue weighted by atomic mass is 10.1. The summed E-state index contributed by atoms with van der Waals surface area (Å²) < 4.78 is 33.0. The first-order valence-corrected chi connectivity index (χ1v) is 11.8. The molecule has 1 aliphatic rings. The van der Waals surface area contributed by atoms with Gasteiger partial charge in [-0.15, -0.1) is 0 Å². The van der Waals surface area contributed by atoms with Gasteiger partial charge in [-0.2, -0.15) is 9.40 Å². The van der Waals surface area contributed by atoms with Gasteiger partial charge in [-0.05, 0) is 38.5 Å². The van der Waals surface area contributed by atoms with Gasteiger partial charge >= 0.3 is 0 Å². The first-order valence-electron chi connectivity index (χ1n) is 9.83. The first-order chi connectivity index (χ1) is 14.2. The number of sulfonamides is 1. The number of aryl methyl sites for hydroxylation is 2. The van der Waals surface area contributed by atoms with E-state index in [1.807, 2.05) is 39.0 Å². The van der Waals surface area contributed by atoms with Crippen molar-refractivity contribution in [2.75, 3.05) is 38.6 Å². The molecule has 164 valence electrons. The minimum atomic E-state index is -3.40. The second-order valence-corrected chi connectivity index (χ2v) is 9.84. The third-order valence-electron chi connectivity index (χ3n) is 5.22. The molecular formula is C20H27ClN4O4S. The maximum absolute atomic E-state index is 12.4. The Labute approximate surface area is 182 Å². The van der Waals surface area contributed by atoms with E-state index in [1.54, 1.807) is 4.68 Å². The topological polar surface area (TPSA) is 93.5 Å².